The van der Waals surface area contributed by atoms with Gasteiger partial charge in [0.05, 0.1) is 18.7 Å². The summed E-state index contributed by atoms with van der Waals surface area (Å²) < 4.78 is 10.9. The fraction of sp³-hybridized carbons (Fsp3) is 0.481. The first kappa shape index (κ1) is 26.5. The molecule has 8 heteroatoms. The summed E-state index contributed by atoms with van der Waals surface area (Å²) >= 11 is 0. The van der Waals surface area contributed by atoms with Crippen LogP contribution >= 0.6 is 0 Å². The largest absolute Gasteiger partial charge is 0.496 e. The highest BCUT2D eigenvalue weighted by Crippen LogP contribution is 2.40. The molecule has 1 saturated carbocycles. The van der Waals surface area contributed by atoms with E-state index in [1.54, 1.807) is 19.2 Å². The number of nitrogens with one attached hydrogen (secondary N) is 2. The van der Waals surface area contributed by atoms with Crippen LogP contribution < -0.4 is 21.1 Å². The summed E-state index contributed by atoms with van der Waals surface area (Å²) in [5.41, 5.74) is 7.24. The average molecular weight is 484 g/mol. The van der Waals surface area contributed by atoms with Gasteiger partial charge in [0.15, 0.2) is 0 Å². The third kappa shape index (κ3) is 6.74. The van der Waals surface area contributed by atoms with Crippen LogP contribution in [0.25, 0.3) is 0 Å². The Morgan fingerprint density at radius 1 is 1.09 bits per heavy atom. The monoisotopic (exact) mass is 483 g/mol. The van der Waals surface area contributed by atoms with Gasteiger partial charge in [0.2, 0.25) is 0 Å². The Morgan fingerprint density at radius 3 is 2.34 bits per heavy atom. The maximum Gasteiger partial charge on any atom is 0.409 e. The second-order valence-corrected chi connectivity index (χ2v) is 9.54. The number of para-hydroxylation sites is 1. The molecule has 35 heavy (non-hydrogen) atoms. The van der Waals surface area contributed by atoms with E-state index in [1.807, 2.05) is 44.2 Å². The number of alkyl carbamates (subject to hydrolysis) is 1. The number of benzene rings is 2. The summed E-state index contributed by atoms with van der Waals surface area (Å²) in [6.45, 7) is 4.20. The van der Waals surface area contributed by atoms with Gasteiger partial charge in [-0.2, -0.15) is 0 Å². The van der Waals surface area contributed by atoms with Gasteiger partial charge in [-0.05, 0) is 49.3 Å². The third-order valence-corrected chi connectivity index (χ3v) is 6.89. The summed E-state index contributed by atoms with van der Waals surface area (Å²) in [5, 5.41) is 15.6. The van der Waals surface area contributed by atoms with Crippen LogP contribution in [0.3, 0.4) is 0 Å². The van der Waals surface area contributed by atoms with E-state index in [0.29, 0.717) is 30.7 Å². The lowest BCUT2D eigenvalue weighted by molar-refractivity contribution is 0.0334. The van der Waals surface area contributed by atoms with Crippen molar-refractivity contribution in [2.45, 2.75) is 63.3 Å². The zero-order chi connectivity index (χ0) is 25.4. The topological polar surface area (TPSA) is 123 Å². The molecule has 1 aliphatic carbocycles. The van der Waals surface area contributed by atoms with E-state index >= 15 is 0 Å². The molecule has 5 N–H and O–H groups in total. The van der Waals surface area contributed by atoms with E-state index in [4.69, 9.17) is 15.2 Å². The Bertz CT molecular complexity index is 974. The van der Waals surface area contributed by atoms with Crippen molar-refractivity contribution in [2.24, 2.45) is 11.7 Å². The SMILES string of the molecule is COc1ccccc1C(=O)NCC1(c2ccccc2)CCC(OC(=O)NC(O)[C@@H](N)C(C)C)CC1. The molecule has 190 valence electrons. The number of ether oxygens (including phenoxy) is 2. The number of carbonyl (C=O) groups is 2. The molecule has 2 aromatic rings. The van der Waals surface area contributed by atoms with Crippen LogP contribution in [-0.4, -0.2) is 49.1 Å². The summed E-state index contributed by atoms with van der Waals surface area (Å²) in [6, 6.07) is 16.7. The number of hydrogen-bond acceptors (Lipinski definition) is 6. The molecule has 1 fully saturated rings. The van der Waals surface area contributed by atoms with Crippen molar-refractivity contribution in [1.82, 2.24) is 10.6 Å². The van der Waals surface area contributed by atoms with E-state index in [-0.39, 0.29) is 23.3 Å². The summed E-state index contributed by atoms with van der Waals surface area (Å²) in [4.78, 5) is 25.2. The molecular weight excluding hydrogens is 446 g/mol. The Balaban J connectivity index is 1.64. The number of carbonyl (C=O) groups excluding carboxylic acids is 2. The maximum atomic E-state index is 13.0. The van der Waals surface area contributed by atoms with Gasteiger partial charge in [-0.1, -0.05) is 56.3 Å². The third-order valence-electron chi connectivity index (χ3n) is 6.89. The minimum Gasteiger partial charge on any atom is -0.496 e. The molecule has 1 unspecified atom stereocenters. The van der Waals surface area contributed by atoms with Crippen molar-refractivity contribution in [3.63, 3.8) is 0 Å². The normalized spacial score (nSPS) is 21.6. The number of rotatable bonds is 9. The van der Waals surface area contributed by atoms with Crippen molar-refractivity contribution in [2.75, 3.05) is 13.7 Å². The van der Waals surface area contributed by atoms with Crippen LogP contribution in [0.15, 0.2) is 54.6 Å². The van der Waals surface area contributed by atoms with Crippen molar-refractivity contribution >= 4 is 12.0 Å². The van der Waals surface area contributed by atoms with Crippen LogP contribution in [0.2, 0.25) is 0 Å². The van der Waals surface area contributed by atoms with Gasteiger partial charge < -0.3 is 25.6 Å². The highest BCUT2D eigenvalue weighted by molar-refractivity contribution is 5.97. The molecule has 0 bridgehead atoms. The zero-order valence-electron chi connectivity index (χ0n) is 20.7. The van der Waals surface area contributed by atoms with Crippen molar-refractivity contribution in [3.8, 4) is 5.75 Å². The number of amides is 2. The molecule has 2 aromatic carbocycles. The van der Waals surface area contributed by atoms with Gasteiger partial charge in [-0.25, -0.2) is 4.79 Å². The van der Waals surface area contributed by atoms with Crippen molar-refractivity contribution in [1.29, 1.82) is 0 Å². The molecular formula is C27H37N3O5. The van der Waals surface area contributed by atoms with E-state index < -0.39 is 18.4 Å². The Kier molecular flexibility index (Phi) is 9.12. The lowest BCUT2D eigenvalue weighted by Crippen LogP contribution is -2.51. The predicted molar refractivity (Wildman–Crippen MR) is 134 cm³/mol. The fourth-order valence-electron chi connectivity index (χ4n) is 4.56. The quantitative estimate of drug-likeness (QED) is 0.406. The van der Waals surface area contributed by atoms with Gasteiger partial charge in [-0.15, -0.1) is 0 Å². The van der Waals surface area contributed by atoms with Crippen LogP contribution in [0.5, 0.6) is 5.75 Å². The van der Waals surface area contributed by atoms with Gasteiger partial charge >= 0.3 is 6.09 Å². The average Bonchev–Trinajstić information content (AvgIpc) is 2.88. The number of nitrogens with two attached hydrogens (primary N) is 1. The molecule has 8 nitrogen and oxygen atoms in total. The van der Waals surface area contributed by atoms with Gasteiger partial charge in [0.25, 0.3) is 5.91 Å². The summed E-state index contributed by atoms with van der Waals surface area (Å²) in [5.74, 6) is 0.352. The molecule has 0 aliphatic heterocycles. The summed E-state index contributed by atoms with van der Waals surface area (Å²) in [6.07, 6.45) is 0.622. The van der Waals surface area contributed by atoms with Crippen LogP contribution in [-0.2, 0) is 10.2 Å². The molecule has 0 heterocycles. The Labute approximate surface area is 207 Å². The maximum absolute atomic E-state index is 13.0. The molecule has 0 aromatic heterocycles. The Morgan fingerprint density at radius 2 is 1.71 bits per heavy atom. The second-order valence-electron chi connectivity index (χ2n) is 9.54. The highest BCUT2D eigenvalue weighted by atomic mass is 16.6. The smallest absolute Gasteiger partial charge is 0.409 e. The first-order valence-corrected chi connectivity index (χ1v) is 12.1. The molecule has 0 saturated heterocycles. The number of aliphatic hydroxyl groups excluding tert-OH is 1. The molecule has 0 radical (unpaired) electrons. The first-order valence-electron chi connectivity index (χ1n) is 12.1. The number of hydrogen-bond donors (Lipinski definition) is 4. The van der Waals surface area contributed by atoms with Gasteiger partial charge in [-0.3, -0.25) is 10.1 Å². The molecule has 0 spiro atoms. The minimum absolute atomic E-state index is 0.0116. The Hall–Kier alpha value is -3.10. The number of methoxy groups -OCH3 is 1. The zero-order valence-corrected chi connectivity index (χ0v) is 20.7. The van der Waals surface area contributed by atoms with Crippen LogP contribution in [0, 0.1) is 5.92 Å². The molecule has 2 atom stereocenters. The highest BCUT2D eigenvalue weighted by Gasteiger charge is 2.38. The van der Waals surface area contributed by atoms with Gasteiger partial charge in [0.1, 0.15) is 18.1 Å². The predicted octanol–water partition coefficient (Wildman–Crippen LogP) is 3.33. The lowest BCUT2D eigenvalue weighted by Gasteiger charge is -2.40. The molecule has 1 aliphatic rings. The lowest BCUT2D eigenvalue weighted by atomic mass is 9.68. The summed E-state index contributed by atoms with van der Waals surface area (Å²) in [7, 11) is 1.55. The standard InChI is InChI=1S/C27H37N3O5/c1-18(2)23(28)25(32)30-26(33)35-20-13-15-27(16-14-20,19-9-5-4-6-10-19)17-29-24(31)21-11-7-8-12-22(21)34-3/h4-12,18,20,23,25,32H,13-17,28H2,1-3H3,(H,29,31)(H,30,33)/t20?,23-,25?,27?/m0/s1. The van der Waals surface area contributed by atoms with Gasteiger partial charge in [0, 0.05) is 12.0 Å². The second kappa shape index (κ2) is 12.0. The van der Waals surface area contributed by atoms with Crippen molar-refractivity contribution in [3.05, 3.63) is 65.7 Å². The van der Waals surface area contributed by atoms with Crippen molar-refractivity contribution < 1.29 is 24.2 Å². The minimum atomic E-state index is -1.17. The van der Waals surface area contributed by atoms with Crippen LogP contribution in [0.4, 0.5) is 4.79 Å². The molecule has 2 amide bonds. The van der Waals surface area contributed by atoms with E-state index in [0.717, 1.165) is 18.4 Å². The fourth-order valence-corrected chi connectivity index (χ4v) is 4.56. The van der Waals surface area contributed by atoms with E-state index in [9.17, 15) is 14.7 Å². The van der Waals surface area contributed by atoms with E-state index in [2.05, 4.69) is 22.8 Å². The number of aliphatic hydroxyl groups is 1. The molecule has 3 rings (SSSR count). The van der Waals surface area contributed by atoms with Crippen LogP contribution in [0.1, 0.15) is 55.5 Å². The first-order chi connectivity index (χ1) is 16.8. The van der Waals surface area contributed by atoms with E-state index in [1.165, 1.54) is 0 Å².